The molecule has 2 aromatic rings. The number of carbonyl (C=O) groups excluding carboxylic acids is 1. The Bertz CT molecular complexity index is 610. The molecule has 0 aromatic heterocycles. The Morgan fingerprint density at radius 1 is 1.10 bits per heavy atom. The van der Waals surface area contributed by atoms with Crippen LogP contribution in [0, 0.1) is 13.8 Å². The number of hydrogen-bond acceptors (Lipinski definition) is 3. The van der Waals surface area contributed by atoms with Crippen molar-refractivity contribution in [1.82, 2.24) is 0 Å². The fraction of sp³-hybridized carbons (Fsp3) is 0.188. The number of hydrogen-bond donors (Lipinski definition) is 1. The van der Waals surface area contributed by atoms with E-state index in [0.717, 1.165) is 11.1 Å². The predicted molar refractivity (Wildman–Crippen MR) is 70.4 cm³/mol. The van der Waals surface area contributed by atoms with Gasteiger partial charge in [-0.15, -0.1) is 0 Å². The molecule has 0 aliphatic carbocycles. The quantitative estimate of drug-likeness (QED) is 0.670. The number of carboxylic acids is 1. The maximum absolute atomic E-state index is 11.5. The summed E-state index contributed by atoms with van der Waals surface area (Å²) in [6.45, 7) is 3.69. The van der Waals surface area contributed by atoms with Crippen LogP contribution in [0.3, 0.4) is 0 Å². The topological polar surface area (TPSA) is 60.4 Å². The smallest absolute Gasteiger partial charge is 0.546 e. The summed E-state index contributed by atoms with van der Waals surface area (Å²) in [5.41, 5.74) is 0.232. The van der Waals surface area contributed by atoms with E-state index in [-0.39, 0.29) is 18.9 Å². The molecule has 0 saturated heterocycles. The summed E-state index contributed by atoms with van der Waals surface area (Å²) < 4.78 is 0. The molecule has 0 heterocycles. The summed E-state index contributed by atoms with van der Waals surface area (Å²) in [6.07, 6.45) is 0. The van der Waals surface area contributed by atoms with Crippen molar-refractivity contribution < 1.29 is 33.9 Å². The van der Waals surface area contributed by atoms with Gasteiger partial charge >= 0.3 is 18.9 Å². The second-order valence-electron chi connectivity index (χ2n) is 4.68. The zero-order valence-corrected chi connectivity index (χ0v) is 11.9. The Labute approximate surface area is 130 Å². The van der Waals surface area contributed by atoms with Crippen LogP contribution in [0.1, 0.15) is 22.3 Å². The number of carbonyl (C=O) groups is 1. The minimum absolute atomic E-state index is 0. The molecule has 0 aliphatic heterocycles. The number of rotatable bonds is 3. The van der Waals surface area contributed by atoms with Crippen LogP contribution in [0.5, 0.6) is 0 Å². The molecule has 4 heteroatoms. The number of aliphatic hydroxyl groups is 1. The van der Waals surface area contributed by atoms with Crippen molar-refractivity contribution in [2.45, 2.75) is 19.4 Å². The number of benzene rings is 2. The number of aliphatic carboxylic acids is 1. The Kier molecular flexibility index (Phi) is 5.19. The summed E-state index contributed by atoms with van der Waals surface area (Å²) in [5.74, 6) is -1.52. The van der Waals surface area contributed by atoms with Gasteiger partial charge in [-0.05, 0) is 30.5 Å². The van der Waals surface area contributed by atoms with Gasteiger partial charge in [0.25, 0.3) is 0 Å². The van der Waals surface area contributed by atoms with Crippen LogP contribution >= 0.6 is 0 Å². The molecule has 0 amide bonds. The largest absolute Gasteiger partial charge is 1.00 e. The van der Waals surface area contributed by atoms with Crippen LogP contribution in [-0.2, 0) is 10.4 Å². The molecule has 3 nitrogen and oxygen atoms in total. The molecule has 1 atom stereocenters. The van der Waals surface area contributed by atoms with Crippen LogP contribution in [-0.4, -0.2) is 11.1 Å². The summed E-state index contributed by atoms with van der Waals surface area (Å²) in [7, 11) is 0. The Hall–Kier alpha value is -1.53. The molecular formula is C16H15LiO3. The van der Waals surface area contributed by atoms with E-state index in [1.807, 2.05) is 13.0 Å². The Morgan fingerprint density at radius 3 is 2.20 bits per heavy atom. The van der Waals surface area contributed by atoms with Crippen molar-refractivity contribution in [3.63, 3.8) is 0 Å². The third-order valence-electron chi connectivity index (χ3n) is 3.26. The van der Waals surface area contributed by atoms with Gasteiger partial charge in [0.15, 0.2) is 5.60 Å². The van der Waals surface area contributed by atoms with Gasteiger partial charge in [-0.1, -0.05) is 54.1 Å². The van der Waals surface area contributed by atoms with Crippen LogP contribution in [0.15, 0.2) is 48.5 Å². The van der Waals surface area contributed by atoms with Gasteiger partial charge in [-0.2, -0.15) is 0 Å². The third kappa shape index (κ3) is 2.81. The fourth-order valence-corrected chi connectivity index (χ4v) is 2.28. The van der Waals surface area contributed by atoms with Crippen molar-refractivity contribution in [2.75, 3.05) is 0 Å². The molecular weight excluding hydrogens is 247 g/mol. The predicted octanol–water partition coefficient (Wildman–Crippen LogP) is -1.71. The molecule has 1 unspecified atom stereocenters. The molecule has 0 aliphatic rings. The molecule has 0 radical (unpaired) electrons. The van der Waals surface area contributed by atoms with Gasteiger partial charge in [-0.3, -0.25) is 0 Å². The second-order valence-corrected chi connectivity index (χ2v) is 4.68. The van der Waals surface area contributed by atoms with Gasteiger partial charge in [0.05, 0.1) is 5.97 Å². The standard InChI is InChI=1S/C16H16O3.Li/c1-11-8-9-14(12(2)10-11)16(19,15(17)18)13-6-4-3-5-7-13;/h3-10,19H,1-2H3,(H,17,18);/q;+1/p-1. The van der Waals surface area contributed by atoms with Crippen molar-refractivity contribution in [1.29, 1.82) is 0 Å². The SMILES string of the molecule is Cc1ccc(C(O)(C(=O)[O-])c2ccccc2)c(C)c1.[Li+]. The zero-order valence-electron chi connectivity index (χ0n) is 11.9. The first-order valence-corrected chi connectivity index (χ1v) is 6.03. The fourth-order valence-electron chi connectivity index (χ4n) is 2.28. The van der Waals surface area contributed by atoms with E-state index >= 15 is 0 Å². The minimum Gasteiger partial charge on any atom is -0.546 e. The van der Waals surface area contributed by atoms with E-state index in [4.69, 9.17) is 0 Å². The molecule has 0 spiro atoms. The first kappa shape index (κ1) is 16.5. The van der Waals surface area contributed by atoms with E-state index in [0.29, 0.717) is 11.1 Å². The summed E-state index contributed by atoms with van der Waals surface area (Å²) >= 11 is 0. The average molecular weight is 262 g/mol. The summed E-state index contributed by atoms with van der Waals surface area (Å²) in [5, 5.41) is 22.1. The van der Waals surface area contributed by atoms with Crippen LogP contribution in [0.25, 0.3) is 0 Å². The first-order chi connectivity index (χ1) is 8.96. The normalized spacial score (nSPS) is 13.2. The zero-order chi connectivity index (χ0) is 14.0. The maximum atomic E-state index is 11.5. The van der Waals surface area contributed by atoms with Crippen molar-refractivity contribution in [3.05, 3.63) is 70.8 Å². The molecule has 0 fully saturated rings. The van der Waals surface area contributed by atoms with Crippen molar-refractivity contribution in [3.8, 4) is 0 Å². The van der Waals surface area contributed by atoms with E-state index in [1.54, 1.807) is 49.4 Å². The maximum Gasteiger partial charge on any atom is 1.00 e. The molecule has 2 rings (SSSR count). The molecule has 98 valence electrons. The number of carboxylic acid groups (broad SMARTS) is 1. The number of aryl methyl sites for hydroxylation is 2. The first-order valence-electron chi connectivity index (χ1n) is 6.03. The van der Waals surface area contributed by atoms with Gasteiger partial charge < -0.3 is 15.0 Å². The van der Waals surface area contributed by atoms with Gasteiger partial charge in [0.1, 0.15) is 0 Å². The van der Waals surface area contributed by atoms with E-state index in [9.17, 15) is 15.0 Å². The molecule has 20 heavy (non-hydrogen) atoms. The van der Waals surface area contributed by atoms with Crippen LogP contribution in [0.4, 0.5) is 0 Å². The summed E-state index contributed by atoms with van der Waals surface area (Å²) in [4.78, 5) is 11.5. The Morgan fingerprint density at radius 2 is 1.70 bits per heavy atom. The Balaban J connectivity index is 0.00000200. The van der Waals surface area contributed by atoms with Crippen LogP contribution in [0.2, 0.25) is 0 Å². The second kappa shape index (κ2) is 6.28. The van der Waals surface area contributed by atoms with Crippen molar-refractivity contribution in [2.24, 2.45) is 0 Å². The summed E-state index contributed by atoms with van der Waals surface area (Å²) in [6, 6.07) is 13.5. The monoisotopic (exact) mass is 262 g/mol. The van der Waals surface area contributed by atoms with Crippen LogP contribution < -0.4 is 24.0 Å². The van der Waals surface area contributed by atoms with E-state index in [2.05, 4.69) is 0 Å². The van der Waals surface area contributed by atoms with E-state index < -0.39 is 11.6 Å². The average Bonchev–Trinajstić information content (AvgIpc) is 2.38. The molecule has 2 aromatic carbocycles. The molecule has 0 saturated carbocycles. The van der Waals surface area contributed by atoms with Crippen molar-refractivity contribution >= 4 is 5.97 Å². The van der Waals surface area contributed by atoms with Gasteiger partial charge in [0.2, 0.25) is 0 Å². The van der Waals surface area contributed by atoms with Gasteiger partial charge in [-0.25, -0.2) is 0 Å². The van der Waals surface area contributed by atoms with Gasteiger partial charge in [0, 0.05) is 0 Å². The minimum atomic E-state index is -2.13. The molecule has 1 N–H and O–H groups in total. The third-order valence-corrected chi connectivity index (χ3v) is 3.26. The van der Waals surface area contributed by atoms with E-state index in [1.165, 1.54) is 0 Å². The molecule has 0 bridgehead atoms.